The average molecular weight is 185 g/mol. The topological polar surface area (TPSA) is 85.2 Å². The molecule has 0 radical (unpaired) electrons. The molecule has 1 aromatic rings. The molecule has 3 N–H and O–H groups in total. The minimum Gasteiger partial charge on any atom is -0.384 e. The fourth-order valence-electron chi connectivity index (χ4n) is 0.850. The predicted molar refractivity (Wildman–Crippen MR) is 46.7 cm³/mol. The molecule has 0 aliphatic rings. The summed E-state index contributed by atoms with van der Waals surface area (Å²) in [6.07, 6.45) is -0.736. The number of aliphatic hydroxyl groups is 1. The molecule has 2 atom stereocenters. The Morgan fingerprint density at radius 1 is 1.38 bits per heavy atom. The third kappa shape index (κ3) is 2.26. The second-order valence-electron chi connectivity index (χ2n) is 3.44. The zero-order valence-corrected chi connectivity index (χ0v) is 8.06. The zero-order valence-electron chi connectivity index (χ0n) is 8.06. The van der Waals surface area contributed by atoms with Gasteiger partial charge in [0.2, 0.25) is 0 Å². The first-order valence-electron chi connectivity index (χ1n) is 4.29. The Bertz CT molecular complexity index is 270. The lowest BCUT2D eigenvalue weighted by Crippen LogP contribution is -2.18. The highest BCUT2D eigenvalue weighted by Crippen LogP contribution is 2.17. The monoisotopic (exact) mass is 185 g/mol. The van der Waals surface area contributed by atoms with Gasteiger partial charge in [-0.1, -0.05) is 19.0 Å². The first-order valence-corrected chi connectivity index (χ1v) is 4.29. The van der Waals surface area contributed by atoms with E-state index in [2.05, 4.69) is 10.1 Å². The van der Waals surface area contributed by atoms with Crippen LogP contribution < -0.4 is 5.73 Å². The minimum atomic E-state index is -0.736. The summed E-state index contributed by atoms with van der Waals surface area (Å²) >= 11 is 0. The van der Waals surface area contributed by atoms with Gasteiger partial charge in [0.1, 0.15) is 6.10 Å². The van der Waals surface area contributed by atoms with E-state index in [9.17, 15) is 0 Å². The van der Waals surface area contributed by atoms with Crippen LogP contribution in [-0.4, -0.2) is 15.2 Å². The van der Waals surface area contributed by atoms with E-state index in [0.717, 1.165) is 0 Å². The van der Waals surface area contributed by atoms with Crippen molar-refractivity contribution >= 4 is 0 Å². The summed E-state index contributed by atoms with van der Waals surface area (Å²) in [6.45, 7) is 5.52. The Morgan fingerprint density at radius 2 is 2.00 bits per heavy atom. The molecule has 74 valence electrons. The van der Waals surface area contributed by atoms with Crippen molar-refractivity contribution in [2.24, 2.45) is 11.7 Å². The van der Waals surface area contributed by atoms with Gasteiger partial charge in [-0.2, -0.15) is 4.98 Å². The average Bonchev–Trinajstić information content (AvgIpc) is 2.50. The molecule has 1 heterocycles. The van der Waals surface area contributed by atoms with E-state index < -0.39 is 6.10 Å². The van der Waals surface area contributed by atoms with Crippen LogP contribution in [0.1, 0.15) is 44.6 Å². The number of rotatable bonds is 3. The Morgan fingerprint density at radius 3 is 2.38 bits per heavy atom. The van der Waals surface area contributed by atoms with Crippen molar-refractivity contribution in [3.8, 4) is 0 Å². The van der Waals surface area contributed by atoms with Crippen LogP contribution in [0.3, 0.4) is 0 Å². The van der Waals surface area contributed by atoms with E-state index in [-0.39, 0.29) is 17.9 Å². The molecule has 1 rings (SSSR count). The van der Waals surface area contributed by atoms with E-state index in [0.29, 0.717) is 5.82 Å². The highest BCUT2D eigenvalue weighted by molar-refractivity contribution is 4.95. The maximum Gasteiger partial charge on any atom is 0.255 e. The number of nitrogens with zero attached hydrogens (tertiary/aromatic N) is 2. The SMILES string of the molecule is CC(O)c1nc([C@@H](N)C(C)C)no1. The van der Waals surface area contributed by atoms with Gasteiger partial charge in [0.25, 0.3) is 5.89 Å². The summed E-state index contributed by atoms with van der Waals surface area (Å²) in [4.78, 5) is 3.98. The lowest BCUT2D eigenvalue weighted by molar-refractivity contribution is 0.151. The molecule has 0 bridgehead atoms. The standard InChI is InChI=1S/C8H15N3O2/c1-4(2)6(9)7-10-8(5(3)12)13-11-7/h4-6,12H,9H2,1-3H3/t5?,6-/m0/s1. The molecule has 0 saturated heterocycles. The molecule has 0 saturated carbocycles. The molecule has 13 heavy (non-hydrogen) atoms. The quantitative estimate of drug-likeness (QED) is 0.726. The highest BCUT2D eigenvalue weighted by Gasteiger charge is 2.18. The van der Waals surface area contributed by atoms with Gasteiger partial charge in [-0.15, -0.1) is 0 Å². The Kier molecular flexibility index (Phi) is 3.00. The van der Waals surface area contributed by atoms with Gasteiger partial charge in [-0.25, -0.2) is 0 Å². The summed E-state index contributed by atoms with van der Waals surface area (Å²) in [7, 11) is 0. The van der Waals surface area contributed by atoms with Crippen molar-refractivity contribution in [1.29, 1.82) is 0 Å². The molecule has 0 spiro atoms. The maximum atomic E-state index is 9.12. The van der Waals surface area contributed by atoms with Gasteiger partial charge in [0, 0.05) is 0 Å². The highest BCUT2D eigenvalue weighted by atomic mass is 16.5. The summed E-state index contributed by atoms with van der Waals surface area (Å²) in [6, 6.07) is -0.240. The first kappa shape index (κ1) is 10.1. The summed E-state index contributed by atoms with van der Waals surface area (Å²) < 4.78 is 4.81. The van der Waals surface area contributed by atoms with Crippen molar-refractivity contribution in [3.05, 3.63) is 11.7 Å². The predicted octanol–water partition coefficient (Wildman–Crippen LogP) is 0.779. The molecular formula is C8H15N3O2. The van der Waals surface area contributed by atoms with Crippen LogP contribution in [0.2, 0.25) is 0 Å². The van der Waals surface area contributed by atoms with Gasteiger partial charge in [0.15, 0.2) is 5.82 Å². The van der Waals surface area contributed by atoms with E-state index in [4.69, 9.17) is 15.4 Å². The van der Waals surface area contributed by atoms with Crippen molar-refractivity contribution in [3.63, 3.8) is 0 Å². The molecule has 0 aliphatic carbocycles. The zero-order chi connectivity index (χ0) is 10.0. The molecule has 1 unspecified atom stereocenters. The fourth-order valence-corrected chi connectivity index (χ4v) is 0.850. The van der Waals surface area contributed by atoms with Crippen molar-refractivity contribution in [2.45, 2.75) is 32.9 Å². The van der Waals surface area contributed by atoms with Gasteiger partial charge in [0.05, 0.1) is 6.04 Å². The smallest absolute Gasteiger partial charge is 0.255 e. The summed E-state index contributed by atoms with van der Waals surface area (Å²) in [5.41, 5.74) is 5.78. The van der Waals surface area contributed by atoms with E-state index >= 15 is 0 Å². The Labute approximate surface area is 76.9 Å². The van der Waals surface area contributed by atoms with Gasteiger partial charge < -0.3 is 15.4 Å². The summed E-state index contributed by atoms with van der Waals surface area (Å²) in [5.74, 6) is 0.913. The summed E-state index contributed by atoms with van der Waals surface area (Å²) in [5, 5.41) is 12.8. The molecule has 0 amide bonds. The van der Waals surface area contributed by atoms with Gasteiger partial charge in [-0.05, 0) is 12.8 Å². The van der Waals surface area contributed by atoms with E-state index in [1.807, 2.05) is 13.8 Å². The second-order valence-corrected chi connectivity index (χ2v) is 3.44. The molecule has 5 nitrogen and oxygen atoms in total. The van der Waals surface area contributed by atoms with Crippen molar-refractivity contribution < 1.29 is 9.63 Å². The number of aliphatic hydroxyl groups excluding tert-OH is 1. The van der Waals surface area contributed by atoms with Crippen molar-refractivity contribution in [1.82, 2.24) is 10.1 Å². The molecule has 0 fully saturated rings. The van der Waals surface area contributed by atoms with Crippen LogP contribution in [0.25, 0.3) is 0 Å². The van der Waals surface area contributed by atoms with Gasteiger partial charge in [-0.3, -0.25) is 0 Å². The van der Waals surface area contributed by atoms with Gasteiger partial charge >= 0.3 is 0 Å². The van der Waals surface area contributed by atoms with Crippen LogP contribution in [0.5, 0.6) is 0 Å². The minimum absolute atomic E-state index is 0.214. The lowest BCUT2D eigenvalue weighted by atomic mass is 10.1. The Hall–Kier alpha value is -0.940. The largest absolute Gasteiger partial charge is 0.384 e. The number of hydrogen-bond acceptors (Lipinski definition) is 5. The molecular weight excluding hydrogens is 170 g/mol. The lowest BCUT2D eigenvalue weighted by Gasteiger charge is -2.09. The fraction of sp³-hybridized carbons (Fsp3) is 0.750. The molecule has 0 aliphatic heterocycles. The van der Waals surface area contributed by atoms with E-state index in [1.165, 1.54) is 0 Å². The van der Waals surface area contributed by atoms with E-state index in [1.54, 1.807) is 6.92 Å². The maximum absolute atomic E-state index is 9.12. The molecule has 0 aromatic carbocycles. The first-order chi connectivity index (χ1) is 6.02. The van der Waals surface area contributed by atoms with Crippen LogP contribution in [0.15, 0.2) is 4.52 Å². The van der Waals surface area contributed by atoms with Crippen molar-refractivity contribution in [2.75, 3.05) is 0 Å². The molecule has 1 aromatic heterocycles. The van der Waals surface area contributed by atoms with Crippen LogP contribution >= 0.6 is 0 Å². The number of hydrogen-bond donors (Lipinski definition) is 2. The van der Waals surface area contributed by atoms with Crippen LogP contribution in [-0.2, 0) is 0 Å². The normalized spacial score (nSPS) is 16.2. The molecule has 5 heteroatoms. The van der Waals surface area contributed by atoms with Crippen LogP contribution in [0, 0.1) is 5.92 Å². The number of nitrogens with two attached hydrogens (primary N) is 1. The third-order valence-corrected chi connectivity index (χ3v) is 1.83. The number of aromatic nitrogens is 2. The third-order valence-electron chi connectivity index (χ3n) is 1.83. The second kappa shape index (κ2) is 3.85. The Balaban J connectivity index is 2.79. The van der Waals surface area contributed by atoms with Crippen LogP contribution in [0.4, 0.5) is 0 Å².